The quantitative estimate of drug-likeness (QED) is 0.101. The second-order valence-corrected chi connectivity index (χ2v) is 22.1. The van der Waals surface area contributed by atoms with Crippen LogP contribution in [0.3, 0.4) is 0 Å². The van der Waals surface area contributed by atoms with Crippen LogP contribution in [0.1, 0.15) is 69.5 Å². The zero-order valence-electron chi connectivity index (χ0n) is 46.4. The van der Waals surface area contributed by atoms with Crippen molar-refractivity contribution in [2.45, 2.75) is 33.1 Å². The van der Waals surface area contributed by atoms with Crippen LogP contribution in [0.2, 0.25) is 0 Å². The Bertz CT molecular complexity index is 4570. The fourth-order valence-corrected chi connectivity index (χ4v) is 12.8. The highest BCUT2D eigenvalue weighted by atomic mass is 15.0. The topological polar surface area (TPSA) is 4.93 Å². The Balaban J connectivity index is 0.825. The van der Waals surface area contributed by atoms with Gasteiger partial charge < -0.3 is 4.57 Å². The van der Waals surface area contributed by atoms with Crippen LogP contribution in [-0.2, 0) is 19.3 Å². The summed E-state index contributed by atoms with van der Waals surface area (Å²) in [5.74, 6) is 0. The third kappa shape index (κ3) is 9.51. The predicted molar refractivity (Wildman–Crippen MR) is 350 cm³/mol. The maximum Gasteiger partial charge on any atom is 0.0547 e. The van der Waals surface area contributed by atoms with E-state index in [0.29, 0.717) is 0 Å². The molecule has 12 aromatic rings. The van der Waals surface area contributed by atoms with E-state index in [2.05, 4.69) is 310 Å². The number of hydrogen-bond donors (Lipinski definition) is 0. The summed E-state index contributed by atoms with van der Waals surface area (Å²) < 4.78 is 2.43. The lowest BCUT2D eigenvalue weighted by molar-refractivity contribution is 1.18. The molecule has 1 nitrogen and oxygen atoms in total. The largest absolute Gasteiger partial charge is 0.309 e. The van der Waals surface area contributed by atoms with Gasteiger partial charge in [-0.3, -0.25) is 0 Å². The average Bonchev–Trinajstić information content (AvgIpc) is 3.70. The fraction of sp³-hybridized carbons (Fsp3) is 0.0617. The zero-order chi connectivity index (χ0) is 55.1. The first-order valence-corrected chi connectivity index (χ1v) is 28.7. The van der Waals surface area contributed by atoms with Crippen molar-refractivity contribution in [1.82, 2.24) is 4.57 Å². The van der Waals surface area contributed by atoms with E-state index in [1.54, 1.807) is 0 Å². The van der Waals surface area contributed by atoms with Gasteiger partial charge in [0.15, 0.2) is 0 Å². The lowest BCUT2D eigenvalue weighted by atomic mass is 9.90. The van der Waals surface area contributed by atoms with Gasteiger partial charge in [-0.2, -0.15) is 0 Å². The summed E-state index contributed by atoms with van der Waals surface area (Å²) in [5, 5.41) is 2.47. The Morgan fingerprint density at radius 1 is 0.402 bits per heavy atom. The van der Waals surface area contributed by atoms with E-state index in [4.69, 9.17) is 0 Å². The molecule has 0 fully saturated rings. The molecule has 0 saturated heterocycles. The van der Waals surface area contributed by atoms with Crippen molar-refractivity contribution in [1.29, 1.82) is 0 Å². The van der Waals surface area contributed by atoms with Crippen molar-refractivity contribution in [3.05, 3.63) is 347 Å². The van der Waals surface area contributed by atoms with Gasteiger partial charge in [0.1, 0.15) is 0 Å². The molecular formula is C81H61N. The molecule has 11 aromatic carbocycles. The van der Waals surface area contributed by atoms with Crippen molar-refractivity contribution in [3.8, 4) is 50.2 Å². The number of hydrogen-bond acceptors (Lipinski definition) is 0. The van der Waals surface area contributed by atoms with Crippen molar-refractivity contribution in [2.24, 2.45) is 0 Å². The highest BCUT2D eigenvalue weighted by molar-refractivity contribution is 6.15. The monoisotopic (exact) mass is 1050 g/mol. The normalized spacial score (nSPS) is 13.0. The van der Waals surface area contributed by atoms with Gasteiger partial charge in [-0.15, -0.1) is 0 Å². The van der Waals surface area contributed by atoms with E-state index in [0.717, 1.165) is 47.2 Å². The molecule has 1 aromatic heterocycles. The standard InChI is InChI=1S/C81H61N/c1-54(58-23-11-5-12-24-58)45-70(60-27-15-7-16-28-60)47-56(3)73-33-20-34-79-81(73)77-53-65(43-44-78(77)82(79)71-30-17-8-18-31-71)63-38-41-67-48-66-40-37-62(50-74(66)75(67)51-63)64-39-42-68-49-69-29-19-32-72(80(69)76(68)52-64)55(2)46-61(59-25-13-6-14-26-59)36-35-57-21-9-4-10-22-57/h4-34,36-47,50-53H,1,35,48-49H2,2-3H3/b55-46+,56-47+,61-36+,70-45+. The minimum absolute atomic E-state index is 0.875. The second-order valence-electron chi connectivity index (χ2n) is 22.1. The van der Waals surface area contributed by atoms with Gasteiger partial charge in [-0.05, 0) is 216 Å². The Morgan fingerprint density at radius 2 is 0.890 bits per heavy atom. The van der Waals surface area contributed by atoms with Crippen LogP contribution >= 0.6 is 0 Å². The summed E-state index contributed by atoms with van der Waals surface area (Å²) in [5.41, 5.74) is 32.4. The molecule has 0 unspecified atom stereocenters. The van der Waals surface area contributed by atoms with Crippen LogP contribution in [0.4, 0.5) is 0 Å². The van der Waals surface area contributed by atoms with Crippen LogP contribution in [0.15, 0.2) is 292 Å². The molecule has 0 spiro atoms. The fourth-order valence-electron chi connectivity index (χ4n) is 12.8. The average molecular weight is 1050 g/mol. The SMILES string of the molecule is C=C(/C=C(\C=C(/C)c1cccc2c1c1cc(-c3ccc4c(c3)-c3cc(-c5ccc6c(c5)-c5c(cccc5/C(C)=C/C(=C\Cc5ccccc5)c5ccccc5)C6)ccc3C4)ccc1n2-c1ccccc1)c1ccccc1)c1ccccc1. The Morgan fingerprint density at radius 3 is 1.54 bits per heavy atom. The molecule has 0 amide bonds. The van der Waals surface area contributed by atoms with Gasteiger partial charge in [-0.25, -0.2) is 0 Å². The number of aromatic nitrogens is 1. The molecule has 0 aliphatic heterocycles. The molecule has 82 heavy (non-hydrogen) atoms. The van der Waals surface area contributed by atoms with Crippen LogP contribution in [0.5, 0.6) is 0 Å². The van der Waals surface area contributed by atoms with E-state index < -0.39 is 0 Å². The van der Waals surface area contributed by atoms with Gasteiger partial charge in [0, 0.05) is 16.5 Å². The number of para-hydroxylation sites is 1. The zero-order valence-corrected chi connectivity index (χ0v) is 46.4. The van der Waals surface area contributed by atoms with Crippen molar-refractivity contribution in [2.75, 3.05) is 0 Å². The predicted octanol–water partition coefficient (Wildman–Crippen LogP) is 21.2. The lowest BCUT2D eigenvalue weighted by Gasteiger charge is -2.14. The summed E-state index contributed by atoms with van der Waals surface area (Å²) in [6.07, 6.45) is 12.1. The van der Waals surface area contributed by atoms with E-state index >= 15 is 0 Å². The molecule has 14 rings (SSSR count). The first-order valence-electron chi connectivity index (χ1n) is 28.7. The third-order valence-electron chi connectivity index (χ3n) is 17.0. The maximum absolute atomic E-state index is 4.53. The molecule has 0 saturated carbocycles. The Hall–Kier alpha value is -10.1. The molecule has 1 heterocycles. The molecule has 2 aliphatic rings. The van der Waals surface area contributed by atoms with Crippen LogP contribution in [-0.4, -0.2) is 4.57 Å². The van der Waals surface area contributed by atoms with Crippen molar-refractivity contribution >= 4 is 49.7 Å². The summed E-state index contributed by atoms with van der Waals surface area (Å²) in [7, 11) is 0. The van der Waals surface area contributed by atoms with Gasteiger partial charge >= 0.3 is 0 Å². The van der Waals surface area contributed by atoms with Gasteiger partial charge in [0.25, 0.3) is 0 Å². The van der Waals surface area contributed by atoms with E-state index in [-0.39, 0.29) is 0 Å². The van der Waals surface area contributed by atoms with Gasteiger partial charge in [-0.1, -0.05) is 237 Å². The molecule has 2 aliphatic carbocycles. The molecule has 0 N–H and O–H groups in total. The molecule has 390 valence electrons. The minimum Gasteiger partial charge on any atom is -0.309 e. The minimum atomic E-state index is 0.875. The number of allylic oxidation sites excluding steroid dienone is 9. The first-order chi connectivity index (χ1) is 40.4. The van der Waals surface area contributed by atoms with E-state index in [9.17, 15) is 0 Å². The van der Waals surface area contributed by atoms with Crippen LogP contribution < -0.4 is 0 Å². The highest BCUT2D eigenvalue weighted by Crippen LogP contribution is 2.47. The van der Waals surface area contributed by atoms with Crippen molar-refractivity contribution in [3.63, 3.8) is 0 Å². The first kappa shape index (κ1) is 50.2. The highest BCUT2D eigenvalue weighted by Gasteiger charge is 2.25. The number of benzene rings is 11. The summed E-state index contributed by atoms with van der Waals surface area (Å²) >= 11 is 0. The molecule has 0 bridgehead atoms. The number of rotatable bonds is 13. The Labute approximate surface area is 482 Å². The second kappa shape index (κ2) is 21.5. The van der Waals surface area contributed by atoms with Gasteiger partial charge in [0.2, 0.25) is 0 Å². The smallest absolute Gasteiger partial charge is 0.0547 e. The van der Waals surface area contributed by atoms with Crippen LogP contribution in [0, 0.1) is 0 Å². The molecular weight excluding hydrogens is 987 g/mol. The summed E-state index contributed by atoms with van der Waals surface area (Å²) in [4.78, 5) is 0. The number of fused-ring (bicyclic) bond motifs is 9. The molecule has 0 radical (unpaired) electrons. The van der Waals surface area contributed by atoms with Crippen molar-refractivity contribution < 1.29 is 0 Å². The summed E-state index contributed by atoms with van der Waals surface area (Å²) in [6.45, 7) is 9.07. The molecule has 1 heteroatoms. The van der Waals surface area contributed by atoms with E-state index in [1.165, 1.54) is 128 Å². The van der Waals surface area contributed by atoms with Gasteiger partial charge in [0.05, 0.1) is 11.0 Å². The third-order valence-corrected chi connectivity index (χ3v) is 17.0. The Kier molecular flexibility index (Phi) is 13.2. The van der Waals surface area contributed by atoms with E-state index in [1.807, 2.05) is 0 Å². The lowest BCUT2D eigenvalue weighted by Crippen LogP contribution is -1.93. The van der Waals surface area contributed by atoms with Crippen LogP contribution in [0.25, 0.3) is 99.9 Å². The number of nitrogens with zero attached hydrogens (tertiary/aromatic N) is 1. The molecule has 0 atom stereocenters. The maximum atomic E-state index is 4.53. The summed E-state index contributed by atoms with van der Waals surface area (Å²) in [6, 6.07) is 95.7.